The number of carbonyl (C=O) groups excluding carboxylic acids is 1. The van der Waals surface area contributed by atoms with Gasteiger partial charge in [-0.2, -0.15) is 5.26 Å². The van der Waals surface area contributed by atoms with Crippen molar-refractivity contribution in [2.45, 2.75) is 20.8 Å². The van der Waals surface area contributed by atoms with Crippen molar-refractivity contribution in [2.75, 3.05) is 12.4 Å². The molecule has 0 aromatic heterocycles. The molecule has 1 amide bonds. The van der Waals surface area contributed by atoms with E-state index in [1.54, 1.807) is 19.3 Å². The van der Waals surface area contributed by atoms with E-state index in [1.807, 2.05) is 63.2 Å². The Kier molecular flexibility index (Phi) is 6.35. The number of amides is 1. The van der Waals surface area contributed by atoms with Crippen LogP contribution >= 0.6 is 0 Å². The first-order valence-corrected chi connectivity index (χ1v) is 8.27. The first kappa shape index (κ1) is 19.0. The van der Waals surface area contributed by atoms with Crippen LogP contribution in [0.15, 0.2) is 54.1 Å². The fourth-order valence-corrected chi connectivity index (χ4v) is 2.77. The lowest BCUT2D eigenvalue weighted by Gasteiger charge is -2.12. The third kappa shape index (κ3) is 4.61. The molecule has 4 heteroatoms. The van der Waals surface area contributed by atoms with Crippen LogP contribution in [-0.4, -0.2) is 13.0 Å². The lowest BCUT2D eigenvalue weighted by atomic mass is 10.0. The summed E-state index contributed by atoms with van der Waals surface area (Å²) in [6.45, 7) is 5.88. The van der Waals surface area contributed by atoms with Crippen LogP contribution in [0.4, 0.5) is 5.69 Å². The maximum Gasteiger partial charge on any atom is 0.266 e. The Bertz CT molecular complexity index is 895. The monoisotopic (exact) mass is 346 g/mol. The second-order valence-electron chi connectivity index (χ2n) is 6.02. The summed E-state index contributed by atoms with van der Waals surface area (Å²) in [5.41, 5.74) is 4.73. The van der Waals surface area contributed by atoms with E-state index in [0.29, 0.717) is 0 Å². The second kappa shape index (κ2) is 8.68. The predicted octanol–water partition coefficient (Wildman–Crippen LogP) is 4.72. The van der Waals surface area contributed by atoms with Gasteiger partial charge in [0.2, 0.25) is 0 Å². The molecule has 0 aliphatic heterocycles. The molecule has 0 saturated heterocycles. The van der Waals surface area contributed by atoms with Crippen LogP contribution in [0.1, 0.15) is 22.3 Å². The number of ether oxygens (including phenoxy) is 1. The van der Waals surface area contributed by atoms with Crippen LogP contribution in [0.5, 0.6) is 5.75 Å². The van der Waals surface area contributed by atoms with Gasteiger partial charge in [-0.15, -0.1) is 0 Å². The summed E-state index contributed by atoms with van der Waals surface area (Å²) in [5.74, 6) is 0.304. The molecule has 0 aliphatic carbocycles. The molecular formula is C22H22N2O2. The van der Waals surface area contributed by atoms with Gasteiger partial charge in [-0.05, 0) is 44.0 Å². The van der Waals surface area contributed by atoms with Crippen molar-refractivity contribution in [3.05, 3.63) is 76.4 Å². The van der Waals surface area contributed by atoms with Gasteiger partial charge in [0.05, 0.1) is 7.11 Å². The van der Waals surface area contributed by atoms with Gasteiger partial charge in [0.25, 0.3) is 5.91 Å². The summed E-state index contributed by atoms with van der Waals surface area (Å²) in [7, 11) is 1.60. The highest BCUT2D eigenvalue weighted by Gasteiger charge is 2.12. The van der Waals surface area contributed by atoms with E-state index in [2.05, 4.69) is 5.32 Å². The normalized spacial score (nSPS) is 11.3. The molecule has 4 nitrogen and oxygen atoms in total. The van der Waals surface area contributed by atoms with Gasteiger partial charge >= 0.3 is 0 Å². The number of carbonyl (C=O) groups is 1. The number of allylic oxidation sites excluding steroid dienone is 2. The van der Waals surface area contributed by atoms with Crippen molar-refractivity contribution in [1.82, 2.24) is 0 Å². The topological polar surface area (TPSA) is 62.1 Å². The third-order valence-electron chi connectivity index (χ3n) is 3.96. The van der Waals surface area contributed by atoms with Crippen molar-refractivity contribution >= 4 is 17.7 Å². The van der Waals surface area contributed by atoms with Gasteiger partial charge in [0, 0.05) is 11.3 Å². The number of benzene rings is 2. The minimum Gasteiger partial charge on any atom is -0.496 e. The Hall–Kier alpha value is -3.32. The van der Waals surface area contributed by atoms with Gasteiger partial charge < -0.3 is 10.1 Å². The highest BCUT2D eigenvalue weighted by Crippen LogP contribution is 2.22. The molecule has 0 radical (unpaired) electrons. The largest absolute Gasteiger partial charge is 0.496 e. The summed E-state index contributed by atoms with van der Waals surface area (Å²) < 4.78 is 5.28. The van der Waals surface area contributed by atoms with Crippen molar-refractivity contribution in [2.24, 2.45) is 0 Å². The van der Waals surface area contributed by atoms with E-state index in [4.69, 9.17) is 4.74 Å². The zero-order valence-electron chi connectivity index (χ0n) is 15.5. The number of rotatable bonds is 5. The molecular weight excluding hydrogens is 324 g/mol. The molecule has 0 unspecified atom stereocenters. The summed E-state index contributed by atoms with van der Waals surface area (Å²) in [5, 5.41) is 12.2. The number of hydrogen-bond acceptors (Lipinski definition) is 3. The average molecular weight is 346 g/mol. The van der Waals surface area contributed by atoms with E-state index in [0.717, 1.165) is 33.7 Å². The quantitative estimate of drug-likeness (QED) is 0.484. The molecule has 2 aromatic carbocycles. The van der Waals surface area contributed by atoms with Crippen LogP contribution in [-0.2, 0) is 4.79 Å². The number of aryl methyl sites for hydroxylation is 3. The fourth-order valence-electron chi connectivity index (χ4n) is 2.77. The van der Waals surface area contributed by atoms with Crippen LogP contribution < -0.4 is 10.1 Å². The highest BCUT2D eigenvalue weighted by molar-refractivity contribution is 6.07. The standard InChI is InChI=1S/C22H22N2O2/c1-15-12-16(2)21(17(3)13-15)24-22(25)19(14-23)10-7-9-18-8-5-6-11-20(18)26-4/h5-13H,1-4H3,(H,24,25)/b9-7+,19-10+. The van der Waals surface area contributed by atoms with E-state index in [1.165, 1.54) is 6.08 Å². The van der Waals surface area contributed by atoms with Crippen molar-refractivity contribution in [3.63, 3.8) is 0 Å². The first-order chi connectivity index (χ1) is 12.5. The van der Waals surface area contributed by atoms with E-state index in [9.17, 15) is 10.1 Å². The third-order valence-corrected chi connectivity index (χ3v) is 3.96. The first-order valence-electron chi connectivity index (χ1n) is 8.27. The molecule has 0 atom stereocenters. The molecule has 0 saturated carbocycles. The van der Waals surface area contributed by atoms with Crippen molar-refractivity contribution < 1.29 is 9.53 Å². The lowest BCUT2D eigenvalue weighted by molar-refractivity contribution is -0.112. The lowest BCUT2D eigenvalue weighted by Crippen LogP contribution is -2.15. The van der Waals surface area contributed by atoms with Crippen LogP contribution in [0.3, 0.4) is 0 Å². The van der Waals surface area contributed by atoms with Crippen molar-refractivity contribution in [1.29, 1.82) is 5.26 Å². The number of methoxy groups -OCH3 is 1. The number of nitrogens with one attached hydrogen (secondary N) is 1. The molecule has 132 valence electrons. The minimum absolute atomic E-state index is 0.0375. The number of nitrogens with zero attached hydrogens (tertiary/aromatic N) is 1. The maximum absolute atomic E-state index is 12.4. The van der Waals surface area contributed by atoms with Crippen LogP contribution in [0.2, 0.25) is 0 Å². The fraction of sp³-hybridized carbons (Fsp3) is 0.182. The Morgan fingerprint density at radius 3 is 2.42 bits per heavy atom. The molecule has 0 spiro atoms. The molecule has 26 heavy (non-hydrogen) atoms. The van der Waals surface area contributed by atoms with Crippen LogP contribution in [0.25, 0.3) is 6.08 Å². The Morgan fingerprint density at radius 2 is 1.81 bits per heavy atom. The van der Waals surface area contributed by atoms with E-state index >= 15 is 0 Å². The summed E-state index contributed by atoms with van der Waals surface area (Å²) in [6.07, 6.45) is 4.97. The number of para-hydroxylation sites is 1. The Morgan fingerprint density at radius 1 is 1.15 bits per heavy atom. The highest BCUT2D eigenvalue weighted by atomic mass is 16.5. The second-order valence-corrected chi connectivity index (χ2v) is 6.02. The van der Waals surface area contributed by atoms with Gasteiger partial charge in [-0.1, -0.05) is 48.0 Å². The molecule has 0 heterocycles. The summed E-state index contributed by atoms with van der Waals surface area (Å²) >= 11 is 0. The maximum atomic E-state index is 12.4. The van der Waals surface area contributed by atoms with Gasteiger partial charge in [-0.3, -0.25) is 4.79 Å². The van der Waals surface area contributed by atoms with Gasteiger partial charge in [0.1, 0.15) is 17.4 Å². The van der Waals surface area contributed by atoms with E-state index < -0.39 is 5.91 Å². The minimum atomic E-state index is -0.424. The zero-order chi connectivity index (χ0) is 19.1. The molecule has 0 fully saturated rings. The molecule has 0 aliphatic rings. The number of hydrogen-bond donors (Lipinski definition) is 1. The molecule has 1 N–H and O–H groups in total. The molecule has 2 aromatic rings. The molecule has 2 rings (SSSR count). The SMILES string of the molecule is COc1ccccc1/C=C/C=C(\C#N)C(=O)Nc1c(C)cc(C)cc1C. The Balaban J connectivity index is 2.20. The van der Waals surface area contributed by atoms with Gasteiger partial charge in [-0.25, -0.2) is 0 Å². The summed E-state index contributed by atoms with van der Waals surface area (Å²) in [4.78, 5) is 12.4. The van der Waals surface area contributed by atoms with Crippen LogP contribution in [0, 0.1) is 32.1 Å². The molecule has 0 bridgehead atoms. The smallest absolute Gasteiger partial charge is 0.266 e. The Labute approximate surface area is 154 Å². The number of nitriles is 1. The predicted molar refractivity (Wildman–Crippen MR) is 105 cm³/mol. The van der Waals surface area contributed by atoms with E-state index in [-0.39, 0.29) is 5.57 Å². The summed E-state index contributed by atoms with van der Waals surface area (Å²) in [6, 6.07) is 13.5. The zero-order valence-corrected chi connectivity index (χ0v) is 15.5. The average Bonchev–Trinajstić information content (AvgIpc) is 2.62. The van der Waals surface area contributed by atoms with Crippen molar-refractivity contribution in [3.8, 4) is 11.8 Å². The van der Waals surface area contributed by atoms with Gasteiger partial charge in [0.15, 0.2) is 0 Å². The number of anilines is 1.